The van der Waals surface area contributed by atoms with Crippen LogP contribution in [0.1, 0.15) is 17.9 Å². The minimum absolute atomic E-state index is 0.125. The summed E-state index contributed by atoms with van der Waals surface area (Å²) in [5.41, 5.74) is 2.08. The van der Waals surface area contributed by atoms with Crippen LogP contribution in [-0.4, -0.2) is 57.0 Å². The minimum Gasteiger partial charge on any atom is -0.340 e. The van der Waals surface area contributed by atoms with Gasteiger partial charge in [0.2, 0.25) is 17.6 Å². The van der Waals surface area contributed by atoms with E-state index in [1.165, 1.54) is 5.56 Å². The van der Waals surface area contributed by atoms with Crippen LogP contribution in [0.25, 0.3) is 11.4 Å². The van der Waals surface area contributed by atoms with Crippen molar-refractivity contribution < 1.29 is 9.32 Å². The lowest BCUT2D eigenvalue weighted by Crippen LogP contribution is -2.48. The third-order valence-electron chi connectivity index (χ3n) is 5.00. The van der Waals surface area contributed by atoms with E-state index in [1.807, 2.05) is 41.6 Å². The van der Waals surface area contributed by atoms with Gasteiger partial charge < -0.3 is 9.42 Å². The Bertz CT molecular complexity index is 937. The van der Waals surface area contributed by atoms with Crippen LogP contribution in [0.4, 0.5) is 0 Å². The molecular weight excluding hydrogens is 390 g/mol. The van der Waals surface area contributed by atoms with Crippen LogP contribution in [0, 0.1) is 0 Å². The van der Waals surface area contributed by atoms with E-state index in [1.54, 1.807) is 12.1 Å². The van der Waals surface area contributed by atoms with Gasteiger partial charge in [0, 0.05) is 68.5 Å². The van der Waals surface area contributed by atoms with E-state index in [0.717, 1.165) is 38.3 Å². The number of rotatable bonds is 6. The van der Waals surface area contributed by atoms with E-state index in [-0.39, 0.29) is 5.91 Å². The van der Waals surface area contributed by atoms with Gasteiger partial charge in [-0.2, -0.15) is 4.98 Å². The molecule has 4 rings (SSSR count). The number of amides is 1. The van der Waals surface area contributed by atoms with Gasteiger partial charge in [0.1, 0.15) is 0 Å². The van der Waals surface area contributed by atoms with Gasteiger partial charge in [-0.15, -0.1) is 0 Å². The van der Waals surface area contributed by atoms with Crippen molar-refractivity contribution in [3.05, 3.63) is 65.3 Å². The molecule has 0 unspecified atom stereocenters. The second kappa shape index (κ2) is 9.15. The molecule has 0 N–H and O–H groups in total. The summed E-state index contributed by atoms with van der Waals surface area (Å²) in [6.07, 6.45) is 4.43. The van der Waals surface area contributed by atoms with Crippen molar-refractivity contribution in [2.45, 2.75) is 19.4 Å². The SMILES string of the molecule is O=C(CCc1nc(-c2ccc(Cl)cc2)no1)N1CCN(Cc2ccncc2)CC1. The Hall–Kier alpha value is -2.77. The molecule has 7 nitrogen and oxygen atoms in total. The molecule has 2 aromatic heterocycles. The highest BCUT2D eigenvalue weighted by atomic mass is 35.5. The zero-order valence-corrected chi connectivity index (χ0v) is 16.8. The van der Waals surface area contributed by atoms with E-state index in [4.69, 9.17) is 16.1 Å². The average Bonchev–Trinajstić information content (AvgIpc) is 3.23. The number of hydrogen-bond acceptors (Lipinski definition) is 6. The summed E-state index contributed by atoms with van der Waals surface area (Å²) in [6.45, 7) is 4.11. The molecular formula is C21H22ClN5O2. The van der Waals surface area contributed by atoms with Crippen LogP contribution in [0.3, 0.4) is 0 Å². The van der Waals surface area contributed by atoms with Crippen LogP contribution in [-0.2, 0) is 17.8 Å². The first-order valence-corrected chi connectivity index (χ1v) is 10.0. The van der Waals surface area contributed by atoms with E-state index in [9.17, 15) is 4.79 Å². The Morgan fingerprint density at radius 2 is 1.76 bits per heavy atom. The Morgan fingerprint density at radius 1 is 1.03 bits per heavy atom. The normalized spacial score (nSPS) is 14.9. The molecule has 1 saturated heterocycles. The van der Waals surface area contributed by atoms with Crippen molar-refractivity contribution in [1.29, 1.82) is 0 Å². The molecule has 0 atom stereocenters. The summed E-state index contributed by atoms with van der Waals surface area (Å²) in [7, 11) is 0. The van der Waals surface area contributed by atoms with Gasteiger partial charge >= 0.3 is 0 Å². The molecule has 0 bridgehead atoms. The van der Waals surface area contributed by atoms with Gasteiger partial charge in [0.25, 0.3) is 0 Å². The standard InChI is InChI=1S/C21H22ClN5O2/c22-18-3-1-17(2-4-18)21-24-19(29-25-21)5-6-20(28)27-13-11-26(12-14-27)15-16-7-9-23-10-8-16/h1-4,7-10H,5-6,11-15H2. The van der Waals surface area contributed by atoms with E-state index >= 15 is 0 Å². The van der Waals surface area contributed by atoms with Gasteiger partial charge in [-0.1, -0.05) is 16.8 Å². The van der Waals surface area contributed by atoms with Crippen LogP contribution >= 0.6 is 11.6 Å². The van der Waals surface area contributed by atoms with E-state index < -0.39 is 0 Å². The zero-order chi connectivity index (χ0) is 20.1. The first kappa shape index (κ1) is 19.5. The smallest absolute Gasteiger partial charge is 0.227 e. The van der Waals surface area contributed by atoms with Crippen LogP contribution in [0.15, 0.2) is 53.3 Å². The molecule has 1 aliphatic heterocycles. The molecule has 0 aliphatic carbocycles. The molecule has 1 amide bonds. The number of carbonyl (C=O) groups is 1. The lowest BCUT2D eigenvalue weighted by atomic mass is 10.2. The zero-order valence-electron chi connectivity index (χ0n) is 16.0. The monoisotopic (exact) mass is 411 g/mol. The maximum Gasteiger partial charge on any atom is 0.227 e. The van der Waals surface area contributed by atoms with E-state index in [0.29, 0.717) is 29.6 Å². The van der Waals surface area contributed by atoms with Crippen molar-refractivity contribution >= 4 is 17.5 Å². The number of benzene rings is 1. The molecule has 0 spiro atoms. The molecule has 0 saturated carbocycles. The predicted molar refractivity (Wildman–Crippen MR) is 109 cm³/mol. The van der Waals surface area contributed by atoms with Gasteiger partial charge in [0.05, 0.1) is 0 Å². The Balaban J connectivity index is 1.24. The molecule has 3 aromatic rings. The minimum atomic E-state index is 0.125. The molecule has 3 heterocycles. The highest BCUT2D eigenvalue weighted by Gasteiger charge is 2.21. The maximum atomic E-state index is 12.5. The summed E-state index contributed by atoms with van der Waals surface area (Å²) in [4.78, 5) is 25.2. The second-order valence-electron chi connectivity index (χ2n) is 7.03. The summed E-state index contributed by atoms with van der Waals surface area (Å²) < 4.78 is 5.29. The Labute approximate surface area is 174 Å². The predicted octanol–water partition coefficient (Wildman–Crippen LogP) is 3.06. The number of pyridine rings is 1. The van der Waals surface area contributed by atoms with Crippen LogP contribution in [0.2, 0.25) is 5.02 Å². The van der Waals surface area contributed by atoms with Crippen molar-refractivity contribution in [3.63, 3.8) is 0 Å². The quantitative estimate of drug-likeness (QED) is 0.620. The first-order chi connectivity index (χ1) is 14.2. The summed E-state index contributed by atoms with van der Waals surface area (Å²) in [6, 6.07) is 11.3. The fourth-order valence-corrected chi connectivity index (χ4v) is 3.47. The molecule has 150 valence electrons. The molecule has 1 aromatic carbocycles. The van der Waals surface area contributed by atoms with E-state index in [2.05, 4.69) is 20.0 Å². The van der Waals surface area contributed by atoms with Crippen molar-refractivity contribution in [1.82, 2.24) is 24.9 Å². The number of nitrogens with zero attached hydrogens (tertiary/aromatic N) is 5. The topological polar surface area (TPSA) is 75.4 Å². The largest absolute Gasteiger partial charge is 0.340 e. The van der Waals surface area contributed by atoms with Crippen LogP contribution in [0.5, 0.6) is 0 Å². The molecule has 1 aliphatic rings. The highest BCUT2D eigenvalue weighted by Crippen LogP contribution is 2.19. The van der Waals surface area contributed by atoms with Crippen molar-refractivity contribution in [3.8, 4) is 11.4 Å². The van der Waals surface area contributed by atoms with Gasteiger partial charge in [-0.25, -0.2) is 0 Å². The molecule has 29 heavy (non-hydrogen) atoms. The number of halogens is 1. The molecule has 8 heteroatoms. The highest BCUT2D eigenvalue weighted by molar-refractivity contribution is 6.30. The number of aromatic nitrogens is 3. The number of carbonyl (C=O) groups excluding carboxylic acids is 1. The van der Waals surface area contributed by atoms with Crippen molar-refractivity contribution in [2.24, 2.45) is 0 Å². The number of hydrogen-bond donors (Lipinski definition) is 0. The molecule has 1 fully saturated rings. The van der Waals surface area contributed by atoms with Gasteiger partial charge in [-0.3, -0.25) is 14.7 Å². The van der Waals surface area contributed by atoms with Crippen LogP contribution < -0.4 is 0 Å². The summed E-state index contributed by atoms with van der Waals surface area (Å²) in [5.74, 6) is 1.10. The summed E-state index contributed by atoms with van der Waals surface area (Å²) >= 11 is 5.90. The number of piperazine rings is 1. The lowest BCUT2D eigenvalue weighted by Gasteiger charge is -2.34. The fraction of sp³-hybridized carbons (Fsp3) is 0.333. The van der Waals surface area contributed by atoms with Gasteiger partial charge in [0.15, 0.2) is 0 Å². The lowest BCUT2D eigenvalue weighted by molar-refractivity contribution is -0.133. The fourth-order valence-electron chi connectivity index (χ4n) is 3.35. The Kier molecular flexibility index (Phi) is 6.17. The van der Waals surface area contributed by atoms with Crippen molar-refractivity contribution in [2.75, 3.05) is 26.2 Å². The summed E-state index contributed by atoms with van der Waals surface area (Å²) in [5, 5.41) is 4.65. The maximum absolute atomic E-state index is 12.5. The van der Waals surface area contributed by atoms with Gasteiger partial charge in [-0.05, 0) is 42.0 Å². The third kappa shape index (κ3) is 5.19. The Morgan fingerprint density at radius 3 is 2.48 bits per heavy atom. The molecule has 0 radical (unpaired) electrons. The first-order valence-electron chi connectivity index (χ1n) is 9.65. The third-order valence-corrected chi connectivity index (χ3v) is 5.26. The number of aryl methyl sites for hydroxylation is 1. The average molecular weight is 412 g/mol. The second-order valence-corrected chi connectivity index (χ2v) is 7.47.